The standard InChI is InChI=1S/C10H15F3N4/c1-3-7-15-8(17(2)16-7)9(10(11,12)13)4-5-14-6-9/h14H,3-6H2,1-2H3. The average Bonchev–Trinajstić information content (AvgIpc) is 2.82. The van der Waals surface area contributed by atoms with Crippen molar-refractivity contribution in [3.8, 4) is 0 Å². The number of alkyl halides is 3. The van der Waals surface area contributed by atoms with Gasteiger partial charge in [-0.25, -0.2) is 4.98 Å². The van der Waals surface area contributed by atoms with Gasteiger partial charge in [0, 0.05) is 20.0 Å². The van der Waals surface area contributed by atoms with E-state index in [1.807, 2.05) is 6.92 Å². The molecule has 7 heteroatoms. The van der Waals surface area contributed by atoms with Crippen molar-refractivity contribution in [2.24, 2.45) is 7.05 Å². The van der Waals surface area contributed by atoms with Crippen molar-refractivity contribution in [3.05, 3.63) is 11.6 Å². The summed E-state index contributed by atoms with van der Waals surface area (Å²) in [5, 5.41) is 6.78. The molecule has 1 aromatic rings. The predicted octanol–water partition coefficient (Wildman–Crippen LogP) is 1.17. The molecule has 0 radical (unpaired) electrons. The molecule has 1 N–H and O–H groups in total. The van der Waals surface area contributed by atoms with Crippen LogP contribution in [0.3, 0.4) is 0 Å². The molecule has 1 atom stereocenters. The highest BCUT2D eigenvalue weighted by molar-refractivity contribution is 5.17. The molecule has 1 unspecified atom stereocenters. The Labute approximate surface area is 97.2 Å². The molecule has 0 aliphatic carbocycles. The number of nitrogens with zero attached hydrogens (tertiary/aromatic N) is 3. The molecule has 1 aliphatic rings. The van der Waals surface area contributed by atoms with Crippen LogP contribution in [0.15, 0.2) is 0 Å². The molecular formula is C10H15F3N4. The van der Waals surface area contributed by atoms with Gasteiger partial charge in [0.2, 0.25) is 0 Å². The number of aromatic nitrogens is 3. The van der Waals surface area contributed by atoms with E-state index < -0.39 is 11.6 Å². The highest BCUT2D eigenvalue weighted by Gasteiger charge is 2.60. The second-order valence-corrected chi connectivity index (χ2v) is 4.34. The fraction of sp³-hybridized carbons (Fsp3) is 0.800. The summed E-state index contributed by atoms with van der Waals surface area (Å²) in [7, 11) is 1.52. The maximum atomic E-state index is 13.3. The summed E-state index contributed by atoms with van der Waals surface area (Å²) in [6, 6.07) is 0. The Hall–Kier alpha value is -1.11. The third kappa shape index (κ3) is 1.82. The van der Waals surface area contributed by atoms with Crippen molar-refractivity contribution >= 4 is 0 Å². The van der Waals surface area contributed by atoms with E-state index in [0.29, 0.717) is 18.8 Å². The van der Waals surface area contributed by atoms with Gasteiger partial charge in [0.05, 0.1) is 0 Å². The first-order valence-electron chi connectivity index (χ1n) is 5.58. The van der Waals surface area contributed by atoms with Crippen molar-refractivity contribution in [1.82, 2.24) is 20.1 Å². The first kappa shape index (κ1) is 12.3. The van der Waals surface area contributed by atoms with Gasteiger partial charge < -0.3 is 5.32 Å². The summed E-state index contributed by atoms with van der Waals surface area (Å²) >= 11 is 0. The molecule has 1 fully saturated rings. The molecule has 2 heterocycles. The summed E-state index contributed by atoms with van der Waals surface area (Å²) in [6.07, 6.45) is -3.75. The van der Waals surface area contributed by atoms with Gasteiger partial charge in [-0.1, -0.05) is 6.92 Å². The first-order chi connectivity index (χ1) is 7.90. The van der Waals surface area contributed by atoms with E-state index >= 15 is 0 Å². The van der Waals surface area contributed by atoms with Crippen LogP contribution in [0.2, 0.25) is 0 Å². The van der Waals surface area contributed by atoms with E-state index in [9.17, 15) is 13.2 Å². The molecule has 4 nitrogen and oxygen atoms in total. The van der Waals surface area contributed by atoms with Gasteiger partial charge in [-0.05, 0) is 13.0 Å². The van der Waals surface area contributed by atoms with E-state index in [1.165, 1.54) is 11.7 Å². The number of hydrogen-bond acceptors (Lipinski definition) is 3. The molecule has 17 heavy (non-hydrogen) atoms. The normalized spacial score (nSPS) is 25.5. The quantitative estimate of drug-likeness (QED) is 0.854. The highest BCUT2D eigenvalue weighted by Crippen LogP contribution is 2.44. The lowest BCUT2D eigenvalue weighted by Gasteiger charge is -2.29. The molecular weight excluding hydrogens is 233 g/mol. The lowest BCUT2D eigenvalue weighted by atomic mass is 9.85. The summed E-state index contributed by atoms with van der Waals surface area (Å²) in [5.74, 6) is 0.477. The van der Waals surface area contributed by atoms with E-state index in [-0.39, 0.29) is 18.8 Å². The molecule has 0 bridgehead atoms. The summed E-state index contributed by atoms with van der Waals surface area (Å²) in [6.45, 7) is 2.06. The Morgan fingerprint density at radius 3 is 2.59 bits per heavy atom. The average molecular weight is 248 g/mol. The van der Waals surface area contributed by atoms with Crippen LogP contribution in [0.4, 0.5) is 13.2 Å². The van der Waals surface area contributed by atoms with Crippen LogP contribution >= 0.6 is 0 Å². The van der Waals surface area contributed by atoms with E-state index in [0.717, 1.165) is 0 Å². The third-order valence-corrected chi connectivity index (χ3v) is 3.25. The van der Waals surface area contributed by atoms with Crippen LogP contribution in [0.5, 0.6) is 0 Å². The summed E-state index contributed by atoms with van der Waals surface area (Å²) in [4.78, 5) is 4.04. The summed E-state index contributed by atoms with van der Waals surface area (Å²) < 4.78 is 41.1. The highest BCUT2D eigenvalue weighted by atomic mass is 19.4. The monoisotopic (exact) mass is 248 g/mol. The minimum atomic E-state index is -4.30. The zero-order valence-electron chi connectivity index (χ0n) is 9.80. The van der Waals surface area contributed by atoms with Crippen molar-refractivity contribution in [2.75, 3.05) is 13.1 Å². The zero-order valence-corrected chi connectivity index (χ0v) is 9.80. The first-order valence-corrected chi connectivity index (χ1v) is 5.58. The van der Waals surface area contributed by atoms with Gasteiger partial charge >= 0.3 is 6.18 Å². The predicted molar refractivity (Wildman–Crippen MR) is 55.6 cm³/mol. The lowest BCUT2D eigenvalue weighted by molar-refractivity contribution is -0.187. The summed E-state index contributed by atoms with van der Waals surface area (Å²) in [5.41, 5.74) is -1.89. The second kappa shape index (κ2) is 3.97. The zero-order chi connectivity index (χ0) is 12.7. The molecule has 1 saturated heterocycles. The molecule has 1 aliphatic heterocycles. The van der Waals surface area contributed by atoms with E-state index in [4.69, 9.17) is 0 Å². The van der Waals surface area contributed by atoms with Gasteiger partial charge in [0.15, 0.2) is 5.82 Å². The Balaban J connectivity index is 2.50. The fourth-order valence-electron chi connectivity index (χ4n) is 2.26. The SMILES string of the molecule is CCc1nc(C2(C(F)(F)F)CCNC2)n(C)n1. The molecule has 0 saturated carbocycles. The van der Waals surface area contributed by atoms with Crippen LogP contribution in [0, 0.1) is 0 Å². The van der Waals surface area contributed by atoms with Gasteiger partial charge in [0.25, 0.3) is 0 Å². The maximum Gasteiger partial charge on any atom is 0.402 e. The number of nitrogens with one attached hydrogen (secondary N) is 1. The Bertz CT molecular complexity index is 404. The largest absolute Gasteiger partial charge is 0.402 e. The minimum Gasteiger partial charge on any atom is -0.315 e. The Morgan fingerprint density at radius 2 is 2.18 bits per heavy atom. The number of aryl methyl sites for hydroxylation is 2. The topological polar surface area (TPSA) is 42.7 Å². The van der Waals surface area contributed by atoms with Crippen molar-refractivity contribution < 1.29 is 13.2 Å². The fourth-order valence-corrected chi connectivity index (χ4v) is 2.26. The van der Waals surface area contributed by atoms with Gasteiger partial charge in [-0.3, -0.25) is 4.68 Å². The number of hydrogen-bond donors (Lipinski definition) is 1. The van der Waals surface area contributed by atoms with Crippen molar-refractivity contribution in [1.29, 1.82) is 0 Å². The molecule has 0 spiro atoms. The Morgan fingerprint density at radius 1 is 1.47 bits per heavy atom. The van der Waals surface area contributed by atoms with E-state index in [1.54, 1.807) is 0 Å². The molecule has 0 amide bonds. The molecule has 2 rings (SSSR count). The van der Waals surface area contributed by atoms with Crippen LogP contribution < -0.4 is 5.32 Å². The van der Waals surface area contributed by atoms with Gasteiger partial charge in [-0.15, -0.1) is 0 Å². The second-order valence-electron chi connectivity index (χ2n) is 4.34. The maximum absolute atomic E-state index is 13.3. The third-order valence-electron chi connectivity index (χ3n) is 3.25. The molecule has 0 aromatic carbocycles. The minimum absolute atomic E-state index is 0.0200. The van der Waals surface area contributed by atoms with Crippen LogP contribution in [0.1, 0.15) is 25.0 Å². The Kier molecular flexibility index (Phi) is 2.89. The van der Waals surface area contributed by atoms with E-state index in [2.05, 4.69) is 15.4 Å². The lowest BCUT2D eigenvalue weighted by Crippen LogP contribution is -2.46. The molecule has 96 valence electrons. The van der Waals surface area contributed by atoms with Crippen LogP contribution in [0.25, 0.3) is 0 Å². The van der Waals surface area contributed by atoms with Crippen LogP contribution in [-0.4, -0.2) is 34.0 Å². The number of rotatable bonds is 2. The van der Waals surface area contributed by atoms with Crippen molar-refractivity contribution in [2.45, 2.75) is 31.4 Å². The van der Waals surface area contributed by atoms with Gasteiger partial charge in [-0.2, -0.15) is 18.3 Å². The number of halogens is 3. The smallest absolute Gasteiger partial charge is 0.315 e. The van der Waals surface area contributed by atoms with Crippen LogP contribution in [-0.2, 0) is 18.9 Å². The van der Waals surface area contributed by atoms with Crippen molar-refractivity contribution in [3.63, 3.8) is 0 Å². The van der Waals surface area contributed by atoms with Gasteiger partial charge in [0.1, 0.15) is 11.2 Å². The molecule has 1 aromatic heterocycles.